The quantitative estimate of drug-likeness (QED) is 0.792. The van der Waals surface area contributed by atoms with Gasteiger partial charge in [-0.1, -0.05) is 6.92 Å². The second kappa shape index (κ2) is 6.79. The van der Waals surface area contributed by atoms with E-state index in [1.165, 1.54) is 0 Å². The lowest BCUT2D eigenvalue weighted by molar-refractivity contribution is -0.122. The summed E-state index contributed by atoms with van der Waals surface area (Å²) in [6.07, 6.45) is 3.29. The van der Waals surface area contributed by atoms with Crippen molar-refractivity contribution in [3.8, 4) is 0 Å². The number of nitrogens with one attached hydrogen (secondary N) is 2. The minimum absolute atomic E-state index is 0.0777. The highest BCUT2D eigenvalue weighted by molar-refractivity contribution is 7.98. The molecule has 1 fully saturated rings. The topological polar surface area (TPSA) is 58.2 Å². The van der Waals surface area contributed by atoms with E-state index in [-0.39, 0.29) is 17.7 Å². The predicted octanol–water partition coefficient (Wildman–Crippen LogP) is 2.51. The van der Waals surface area contributed by atoms with Crippen LogP contribution < -0.4 is 10.6 Å². The van der Waals surface area contributed by atoms with Gasteiger partial charge >= 0.3 is 0 Å². The zero-order chi connectivity index (χ0) is 14.5. The van der Waals surface area contributed by atoms with Crippen LogP contribution >= 0.6 is 11.8 Å². The third kappa shape index (κ3) is 4.27. The van der Waals surface area contributed by atoms with Crippen molar-refractivity contribution in [2.24, 2.45) is 11.8 Å². The van der Waals surface area contributed by atoms with Gasteiger partial charge in [0.15, 0.2) is 0 Å². The van der Waals surface area contributed by atoms with Gasteiger partial charge in [-0.25, -0.2) is 0 Å². The van der Waals surface area contributed by atoms with Gasteiger partial charge in [0, 0.05) is 29.5 Å². The first-order valence-corrected chi connectivity index (χ1v) is 8.04. The molecule has 108 valence electrons. The number of rotatable bonds is 6. The van der Waals surface area contributed by atoms with Crippen molar-refractivity contribution < 1.29 is 9.59 Å². The molecule has 2 amide bonds. The van der Waals surface area contributed by atoms with Crippen LogP contribution in [-0.4, -0.2) is 24.6 Å². The van der Waals surface area contributed by atoms with Gasteiger partial charge in [0.2, 0.25) is 11.8 Å². The molecule has 0 saturated heterocycles. The van der Waals surface area contributed by atoms with Crippen molar-refractivity contribution in [3.63, 3.8) is 0 Å². The molecule has 0 heterocycles. The molecule has 0 unspecified atom stereocenters. The highest BCUT2D eigenvalue weighted by Gasteiger charge is 2.38. The fourth-order valence-corrected chi connectivity index (χ4v) is 2.42. The molecule has 1 aromatic rings. The highest BCUT2D eigenvalue weighted by atomic mass is 32.2. The molecule has 5 heteroatoms. The lowest BCUT2D eigenvalue weighted by Gasteiger charge is -2.07. The van der Waals surface area contributed by atoms with Gasteiger partial charge in [-0.05, 0) is 42.9 Å². The monoisotopic (exact) mass is 292 g/mol. The van der Waals surface area contributed by atoms with Crippen molar-refractivity contribution in [2.45, 2.75) is 24.7 Å². The smallest absolute Gasteiger partial charge is 0.226 e. The number of carbonyl (C=O) groups is 2. The van der Waals surface area contributed by atoms with Gasteiger partial charge in [0.25, 0.3) is 0 Å². The maximum atomic E-state index is 11.7. The van der Waals surface area contributed by atoms with Crippen molar-refractivity contribution in [3.05, 3.63) is 24.3 Å². The van der Waals surface area contributed by atoms with Crippen LogP contribution in [0.2, 0.25) is 0 Å². The van der Waals surface area contributed by atoms with Crippen LogP contribution in [0.3, 0.4) is 0 Å². The second-order valence-corrected chi connectivity index (χ2v) is 6.02. The van der Waals surface area contributed by atoms with Gasteiger partial charge < -0.3 is 10.6 Å². The molecule has 1 saturated carbocycles. The number of thioether (sulfide) groups is 1. The van der Waals surface area contributed by atoms with Crippen molar-refractivity contribution >= 4 is 29.3 Å². The Labute approximate surface area is 123 Å². The molecule has 1 aliphatic rings. The van der Waals surface area contributed by atoms with Gasteiger partial charge in [-0.15, -0.1) is 11.8 Å². The van der Waals surface area contributed by atoms with Crippen LogP contribution in [0.15, 0.2) is 29.2 Å². The molecule has 0 aliphatic heterocycles. The molecular formula is C15H20N2O2S. The van der Waals surface area contributed by atoms with Crippen LogP contribution in [0.5, 0.6) is 0 Å². The summed E-state index contributed by atoms with van der Waals surface area (Å²) in [5.74, 6) is 0.664. The third-order valence-electron chi connectivity index (χ3n) is 3.47. The van der Waals surface area contributed by atoms with E-state index in [9.17, 15) is 9.59 Å². The largest absolute Gasteiger partial charge is 0.355 e. The Morgan fingerprint density at radius 1 is 1.30 bits per heavy atom. The maximum Gasteiger partial charge on any atom is 0.226 e. The van der Waals surface area contributed by atoms with E-state index in [1.54, 1.807) is 11.8 Å². The van der Waals surface area contributed by atoms with E-state index in [0.717, 1.165) is 17.0 Å². The molecule has 20 heavy (non-hydrogen) atoms. The number of anilines is 1. The first kappa shape index (κ1) is 14.9. The summed E-state index contributed by atoms with van der Waals surface area (Å²) in [5.41, 5.74) is 0.787. The van der Waals surface area contributed by atoms with Gasteiger partial charge in [-0.2, -0.15) is 0 Å². The number of benzene rings is 1. The normalized spacial score (nSPS) is 20.3. The zero-order valence-corrected chi connectivity index (χ0v) is 12.6. The van der Waals surface area contributed by atoms with E-state index >= 15 is 0 Å². The highest BCUT2D eigenvalue weighted by Crippen LogP contribution is 2.37. The van der Waals surface area contributed by atoms with Crippen molar-refractivity contribution in [2.75, 3.05) is 18.1 Å². The number of hydrogen-bond donors (Lipinski definition) is 2. The Morgan fingerprint density at radius 2 is 1.95 bits per heavy atom. The number of amides is 2. The molecule has 0 radical (unpaired) electrons. The predicted molar refractivity (Wildman–Crippen MR) is 81.8 cm³/mol. The van der Waals surface area contributed by atoms with Gasteiger partial charge in [0.1, 0.15) is 0 Å². The van der Waals surface area contributed by atoms with Crippen LogP contribution in [0.1, 0.15) is 19.8 Å². The molecule has 2 N–H and O–H groups in total. The fourth-order valence-electron chi connectivity index (χ4n) is 2.02. The SMILES string of the molecule is CSc1ccc(NC(=O)CCNC(=O)[C@@H]2C[C@H]2C)cc1. The molecule has 2 rings (SSSR count). The molecule has 2 atom stereocenters. The van der Waals surface area contributed by atoms with E-state index in [1.807, 2.05) is 30.5 Å². The van der Waals surface area contributed by atoms with Crippen molar-refractivity contribution in [1.29, 1.82) is 0 Å². The molecule has 0 bridgehead atoms. The van der Waals surface area contributed by atoms with E-state index in [4.69, 9.17) is 0 Å². The summed E-state index contributed by atoms with van der Waals surface area (Å²) in [6, 6.07) is 7.70. The van der Waals surface area contributed by atoms with E-state index < -0.39 is 0 Å². The Bertz CT molecular complexity index is 487. The Kier molecular flexibility index (Phi) is 5.06. The van der Waals surface area contributed by atoms with Crippen molar-refractivity contribution in [1.82, 2.24) is 5.32 Å². The van der Waals surface area contributed by atoms with E-state index in [0.29, 0.717) is 18.9 Å². The fraction of sp³-hybridized carbons (Fsp3) is 0.467. The lowest BCUT2D eigenvalue weighted by atomic mass is 10.3. The molecule has 0 aromatic heterocycles. The summed E-state index contributed by atoms with van der Waals surface area (Å²) >= 11 is 1.66. The molecule has 0 spiro atoms. The Morgan fingerprint density at radius 3 is 2.50 bits per heavy atom. The summed E-state index contributed by atoms with van der Waals surface area (Å²) in [6.45, 7) is 2.46. The first-order chi connectivity index (χ1) is 9.60. The van der Waals surface area contributed by atoms with Gasteiger partial charge in [-0.3, -0.25) is 9.59 Å². The summed E-state index contributed by atoms with van der Waals surface area (Å²) in [7, 11) is 0. The minimum Gasteiger partial charge on any atom is -0.355 e. The zero-order valence-electron chi connectivity index (χ0n) is 11.8. The Balaban J connectivity index is 1.68. The van der Waals surface area contributed by atoms with Crippen LogP contribution in [0.4, 0.5) is 5.69 Å². The minimum atomic E-state index is -0.0777. The number of carbonyl (C=O) groups excluding carboxylic acids is 2. The maximum absolute atomic E-state index is 11.7. The average Bonchev–Trinajstić information content (AvgIpc) is 3.17. The van der Waals surface area contributed by atoms with Crippen LogP contribution in [0, 0.1) is 11.8 Å². The standard InChI is InChI=1S/C15H20N2O2S/c1-10-9-13(10)15(19)16-8-7-14(18)17-11-3-5-12(20-2)6-4-11/h3-6,10,13H,7-9H2,1-2H3,(H,16,19)(H,17,18)/t10-,13-/m1/s1. The first-order valence-electron chi connectivity index (χ1n) is 6.81. The third-order valence-corrected chi connectivity index (χ3v) is 4.21. The summed E-state index contributed by atoms with van der Waals surface area (Å²) in [5, 5.41) is 5.63. The van der Waals surface area contributed by atoms with Crippen LogP contribution in [0.25, 0.3) is 0 Å². The second-order valence-electron chi connectivity index (χ2n) is 5.14. The average molecular weight is 292 g/mol. The lowest BCUT2D eigenvalue weighted by Crippen LogP contribution is -2.29. The molecule has 4 nitrogen and oxygen atoms in total. The molecular weight excluding hydrogens is 272 g/mol. The van der Waals surface area contributed by atoms with Gasteiger partial charge in [0.05, 0.1) is 0 Å². The summed E-state index contributed by atoms with van der Waals surface area (Å²) in [4.78, 5) is 24.5. The Hall–Kier alpha value is -1.49. The van der Waals surface area contributed by atoms with Crippen LogP contribution in [-0.2, 0) is 9.59 Å². The molecule has 1 aromatic carbocycles. The molecule has 1 aliphatic carbocycles. The number of hydrogen-bond acceptors (Lipinski definition) is 3. The van der Waals surface area contributed by atoms with E-state index in [2.05, 4.69) is 17.6 Å². The summed E-state index contributed by atoms with van der Waals surface area (Å²) < 4.78 is 0.